The van der Waals surface area contributed by atoms with Gasteiger partial charge in [-0.3, -0.25) is 0 Å². The molecule has 3 unspecified atom stereocenters. The lowest BCUT2D eigenvalue weighted by atomic mass is 9.40. The van der Waals surface area contributed by atoms with Crippen LogP contribution in [-0.4, -0.2) is 15.2 Å². The molecule has 0 aliphatic heterocycles. The second kappa shape index (κ2) is 3.65. The highest BCUT2D eigenvalue weighted by molar-refractivity contribution is 5.20. The minimum Gasteiger partial charge on any atom is -0.385 e. The zero-order valence-corrected chi connectivity index (χ0v) is 12.6. The highest BCUT2D eigenvalue weighted by Crippen LogP contribution is 2.69. The first-order valence-corrected chi connectivity index (χ1v) is 7.84. The summed E-state index contributed by atoms with van der Waals surface area (Å²) < 4.78 is 5.58. The van der Waals surface area contributed by atoms with Gasteiger partial charge in [-0.25, -0.2) is 0 Å². The van der Waals surface area contributed by atoms with Crippen LogP contribution in [0.25, 0.3) is 0 Å². The summed E-state index contributed by atoms with van der Waals surface area (Å²) in [6.07, 6.45) is 6.97. The van der Waals surface area contributed by atoms with Crippen LogP contribution in [0, 0.1) is 16.7 Å². The summed E-state index contributed by atoms with van der Waals surface area (Å²) >= 11 is 0. The largest absolute Gasteiger partial charge is 0.385 e. The Hall–Kier alpha value is -0.900. The van der Waals surface area contributed by atoms with Crippen LogP contribution in [-0.2, 0) is 5.41 Å². The monoisotopic (exact) mass is 276 g/mol. The van der Waals surface area contributed by atoms with Crippen LogP contribution in [0.15, 0.2) is 4.52 Å². The van der Waals surface area contributed by atoms with E-state index in [4.69, 9.17) is 4.52 Å². The van der Waals surface area contributed by atoms with Crippen molar-refractivity contribution in [3.63, 3.8) is 0 Å². The summed E-state index contributed by atoms with van der Waals surface area (Å²) in [7, 11) is 0. The van der Waals surface area contributed by atoms with Gasteiger partial charge in [0.25, 0.3) is 0 Å². The van der Waals surface area contributed by atoms with Crippen molar-refractivity contribution in [2.75, 3.05) is 0 Å². The summed E-state index contributed by atoms with van der Waals surface area (Å²) in [5, 5.41) is 13.6. The van der Waals surface area contributed by atoms with Crippen molar-refractivity contribution in [1.82, 2.24) is 10.1 Å². The zero-order valence-electron chi connectivity index (χ0n) is 12.6. The van der Waals surface area contributed by atoms with E-state index in [0.29, 0.717) is 16.7 Å². The molecule has 110 valence electrons. The third kappa shape index (κ3) is 1.70. The highest BCUT2D eigenvalue weighted by atomic mass is 16.5. The molecule has 4 fully saturated rings. The molecule has 4 nitrogen and oxygen atoms in total. The molecular formula is C16H24N2O2. The molecule has 5 rings (SSSR count). The maximum atomic E-state index is 9.64. The van der Waals surface area contributed by atoms with Crippen LogP contribution in [0.5, 0.6) is 0 Å². The molecule has 0 spiro atoms. The van der Waals surface area contributed by atoms with Crippen LogP contribution in [0.4, 0.5) is 0 Å². The molecule has 4 aliphatic carbocycles. The van der Waals surface area contributed by atoms with Gasteiger partial charge in [-0.2, -0.15) is 4.98 Å². The average Bonchev–Trinajstić information content (AvgIpc) is 2.72. The van der Waals surface area contributed by atoms with Crippen LogP contribution in [0.1, 0.15) is 77.1 Å². The Labute approximate surface area is 120 Å². The molecule has 0 amide bonds. The van der Waals surface area contributed by atoms with Crippen LogP contribution in [0.3, 0.4) is 0 Å². The average molecular weight is 276 g/mol. The van der Waals surface area contributed by atoms with E-state index in [0.717, 1.165) is 11.8 Å². The van der Waals surface area contributed by atoms with Crippen LogP contribution >= 0.6 is 0 Å². The van der Waals surface area contributed by atoms with Gasteiger partial charge in [-0.15, -0.1) is 0 Å². The van der Waals surface area contributed by atoms with Crippen molar-refractivity contribution < 1.29 is 9.63 Å². The topological polar surface area (TPSA) is 59.2 Å². The van der Waals surface area contributed by atoms with Gasteiger partial charge in [0.1, 0.15) is 6.10 Å². The molecule has 4 bridgehead atoms. The molecule has 3 atom stereocenters. The fraction of sp³-hybridized carbons (Fsp3) is 0.875. The minimum absolute atomic E-state index is 0.0725. The lowest BCUT2D eigenvalue weighted by molar-refractivity contribution is -0.118. The van der Waals surface area contributed by atoms with Crippen LogP contribution < -0.4 is 0 Å². The standard InChI is InChI=1S/C16H24N2O2/c1-10(19)12-17-13(20-18-12)16-6-11-4-14(2,8-16)7-15(3,5-11)9-16/h10-11,19H,4-9H2,1-3H3. The maximum absolute atomic E-state index is 9.64. The predicted molar refractivity (Wildman–Crippen MR) is 74.0 cm³/mol. The smallest absolute Gasteiger partial charge is 0.233 e. The normalized spacial score (nSPS) is 47.7. The minimum atomic E-state index is -0.646. The Morgan fingerprint density at radius 1 is 1.15 bits per heavy atom. The van der Waals surface area contributed by atoms with Crippen molar-refractivity contribution in [3.8, 4) is 0 Å². The molecular weight excluding hydrogens is 252 g/mol. The van der Waals surface area contributed by atoms with Crippen molar-refractivity contribution in [3.05, 3.63) is 11.7 Å². The molecule has 0 saturated heterocycles. The second-order valence-corrected chi connectivity index (χ2v) is 8.54. The van der Waals surface area contributed by atoms with Gasteiger partial charge >= 0.3 is 0 Å². The van der Waals surface area contributed by atoms with Gasteiger partial charge in [0.2, 0.25) is 5.89 Å². The lowest BCUT2D eigenvalue weighted by Gasteiger charge is -2.64. The zero-order chi connectivity index (χ0) is 14.2. The predicted octanol–water partition coefficient (Wildman–Crippen LogP) is 3.37. The Balaban J connectivity index is 1.76. The fourth-order valence-corrected chi connectivity index (χ4v) is 6.31. The van der Waals surface area contributed by atoms with E-state index >= 15 is 0 Å². The number of aromatic nitrogens is 2. The van der Waals surface area contributed by atoms with Gasteiger partial charge in [0.15, 0.2) is 5.82 Å². The molecule has 1 heterocycles. The summed E-state index contributed by atoms with van der Waals surface area (Å²) in [5.74, 6) is 2.03. The number of hydrogen-bond acceptors (Lipinski definition) is 4. The highest BCUT2D eigenvalue weighted by Gasteiger charge is 2.62. The van der Waals surface area contributed by atoms with E-state index in [9.17, 15) is 5.11 Å². The number of rotatable bonds is 2. The Morgan fingerprint density at radius 3 is 2.30 bits per heavy atom. The Morgan fingerprint density at radius 2 is 1.80 bits per heavy atom. The number of aliphatic hydroxyl groups is 1. The van der Waals surface area contributed by atoms with Crippen molar-refractivity contribution in [1.29, 1.82) is 0 Å². The van der Waals surface area contributed by atoms with Gasteiger partial charge in [0, 0.05) is 0 Å². The molecule has 4 aliphatic rings. The SMILES string of the molecule is CC(O)c1noc(C23CC4CC(C)(CC(C)(C4)C2)C3)n1. The summed E-state index contributed by atoms with van der Waals surface area (Å²) in [6.45, 7) is 6.57. The van der Waals surface area contributed by atoms with Gasteiger partial charge in [-0.05, 0) is 62.2 Å². The van der Waals surface area contributed by atoms with Gasteiger partial charge in [0.05, 0.1) is 5.41 Å². The van der Waals surface area contributed by atoms with E-state index in [2.05, 4.69) is 24.0 Å². The van der Waals surface area contributed by atoms with Crippen LogP contribution in [0.2, 0.25) is 0 Å². The molecule has 20 heavy (non-hydrogen) atoms. The maximum Gasteiger partial charge on any atom is 0.233 e. The Kier molecular flexibility index (Phi) is 2.34. The molecule has 0 aromatic carbocycles. The van der Waals surface area contributed by atoms with Gasteiger partial charge < -0.3 is 9.63 Å². The molecule has 0 radical (unpaired) electrons. The quantitative estimate of drug-likeness (QED) is 0.899. The molecule has 4 saturated carbocycles. The first kappa shape index (κ1) is 12.8. The van der Waals surface area contributed by atoms with E-state index in [1.807, 2.05) is 0 Å². The van der Waals surface area contributed by atoms with Gasteiger partial charge in [-0.1, -0.05) is 19.0 Å². The van der Waals surface area contributed by atoms with Crippen molar-refractivity contribution >= 4 is 0 Å². The summed E-state index contributed by atoms with van der Waals surface area (Å²) in [5.41, 5.74) is 0.949. The molecule has 1 N–H and O–H groups in total. The van der Waals surface area contributed by atoms with Crippen molar-refractivity contribution in [2.45, 2.75) is 70.8 Å². The van der Waals surface area contributed by atoms with Crippen molar-refractivity contribution in [2.24, 2.45) is 16.7 Å². The van der Waals surface area contributed by atoms with E-state index < -0.39 is 6.10 Å². The van der Waals surface area contributed by atoms with E-state index in [1.54, 1.807) is 6.92 Å². The lowest BCUT2D eigenvalue weighted by Crippen LogP contribution is -2.57. The fourth-order valence-electron chi connectivity index (χ4n) is 6.31. The Bertz CT molecular complexity index is 532. The summed E-state index contributed by atoms with van der Waals surface area (Å²) in [4.78, 5) is 4.53. The number of hydrogen-bond donors (Lipinski definition) is 1. The first-order valence-electron chi connectivity index (χ1n) is 7.84. The van der Waals surface area contributed by atoms with E-state index in [-0.39, 0.29) is 5.41 Å². The molecule has 1 aromatic rings. The molecule has 4 heteroatoms. The molecule has 1 aromatic heterocycles. The number of nitrogens with zero attached hydrogens (tertiary/aromatic N) is 2. The third-order valence-electron chi connectivity index (χ3n) is 5.90. The third-order valence-corrected chi connectivity index (χ3v) is 5.90. The second-order valence-electron chi connectivity index (χ2n) is 8.54. The van der Waals surface area contributed by atoms with E-state index in [1.165, 1.54) is 38.5 Å². The first-order chi connectivity index (χ1) is 9.32. The summed E-state index contributed by atoms with van der Waals surface area (Å²) in [6, 6.07) is 0. The number of aliphatic hydroxyl groups excluding tert-OH is 1.